The monoisotopic (exact) mass is 280 g/mol. The number of H-pyrrole nitrogens is 2. The van der Waals surface area contributed by atoms with E-state index >= 15 is 0 Å². The SMILES string of the molecule is Cc1c(C2CCCCC2)c2[nH]c3ccccc3c2[nH]c1=O. The lowest BCUT2D eigenvalue weighted by Gasteiger charge is -2.23. The summed E-state index contributed by atoms with van der Waals surface area (Å²) in [5.41, 5.74) is 5.42. The number of rotatable bonds is 1. The number of fused-ring (bicyclic) bond motifs is 3. The Morgan fingerprint density at radius 3 is 2.57 bits per heavy atom. The Balaban J connectivity index is 2.07. The van der Waals surface area contributed by atoms with E-state index in [1.807, 2.05) is 19.1 Å². The zero-order valence-corrected chi connectivity index (χ0v) is 12.3. The van der Waals surface area contributed by atoms with Gasteiger partial charge in [-0.2, -0.15) is 0 Å². The summed E-state index contributed by atoms with van der Waals surface area (Å²) < 4.78 is 0. The van der Waals surface area contributed by atoms with Gasteiger partial charge in [0.2, 0.25) is 0 Å². The van der Waals surface area contributed by atoms with E-state index in [1.54, 1.807) is 0 Å². The third-order valence-electron chi connectivity index (χ3n) is 4.97. The number of aromatic nitrogens is 2. The normalized spacial score (nSPS) is 16.8. The molecule has 108 valence electrons. The number of hydrogen-bond donors (Lipinski definition) is 2. The van der Waals surface area contributed by atoms with Gasteiger partial charge in [0.25, 0.3) is 5.56 Å². The van der Waals surface area contributed by atoms with Crippen molar-refractivity contribution in [3.63, 3.8) is 0 Å². The highest BCUT2D eigenvalue weighted by molar-refractivity contribution is 6.06. The molecule has 0 spiro atoms. The quantitative estimate of drug-likeness (QED) is 0.683. The van der Waals surface area contributed by atoms with E-state index in [4.69, 9.17) is 0 Å². The van der Waals surface area contributed by atoms with Crippen molar-refractivity contribution in [1.29, 1.82) is 0 Å². The molecule has 0 bridgehead atoms. The highest BCUT2D eigenvalue weighted by atomic mass is 16.1. The minimum atomic E-state index is 0.0628. The summed E-state index contributed by atoms with van der Waals surface area (Å²) in [6.45, 7) is 1.97. The second-order valence-corrected chi connectivity index (χ2v) is 6.25. The summed E-state index contributed by atoms with van der Waals surface area (Å²) in [7, 11) is 0. The molecule has 0 unspecified atom stereocenters. The van der Waals surface area contributed by atoms with E-state index in [2.05, 4.69) is 22.1 Å². The van der Waals surface area contributed by atoms with Crippen molar-refractivity contribution < 1.29 is 0 Å². The van der Waals surface area contributed by atoms with E-state index in [0.717, 1.165) is 27.5 Å². The highest BCUT2D eigenvalue weighted by Gasteiger charge is 2.23. The van der Waals surface area contributed by atoms with E-state index in [0.29, 0.717) is 5.92 Å². The predicted molar refractivity (Wildman–Crippen MR) is 87.0 cm³/mol. The molecule has 0 atom stereocenters. The molecule has 0 saturated heterocycles. The van der Waals surface area contributed by atoms with Crippen molar-refractivity contribution >= 4 is 21.9 Å². The molecular weight excluding hydrogens is 260 g/mol. The Bertz CT molecular complexity index is 866. The van der Waals surface area contributed by atoms with Crippen LogP contribution in [-0.2, 0) is 0 Å². The first-order valence-corrected chi connectivity index (χ1v) is 7.89. The Morgan fingerprint density at radius 1 is 1.00 bits per heavy atom. The maximum atomic E-state index is 12.4. The van der Waals surface area contributed by atoms with Crippen molar-refractivity contribution in [2.45, 2.75) is 44.9 Å². The maximum Gasteiger partial charge on any atom is 0.251 e. The minimum absolute atomic E-state index is 0.0628. The number of pyridine rings is 1. The van der Waals surface area contributed by atoms with Gasteiger partial charge in [-0.25, -0.2) is 0 Å². The molecule has 0 aliphatic heterocycles. The largest absolute Gasteiger partial charge is 0.353 e. The first-order valence-electron chi connectivity index (χ1n) is 7.89. The van der Waals surface area contributed by atoms with Gasteiger partial charge < -0.3 is 9.97 Å². The molecule has 0 radical (unpaired) electrons. The van der Waals surface area contributed by atoms with Crippen molar-refractivity contribution in [2.24, 2.45) is 0 Å². The van der Waals surface area contributed by atoms with Crippen LogP contribution in [0.25, 0.3) is 21.9 Å². The van der Waals surface area contributed by atoms with Crippen LogP contribution in [-0.4, -0.2) is 9.97 Å². The number of nitrogens with one attached hydrogen (secondary N) is 2. The standard InChI is InChI=1S/C18H20N2O/c1-11-15(12-7-3-2-4-8-12)17-16(20-18(11)21)13-9-5-6-10-14(13)19-17/h5-6,9-10,12,19H,2-4,7-8H2,1H3,(H,20,21). The molecule has 1 aliphatic rings. The lowest BCUT2D eigenvalue weighted by molar-refractivity contribution is 0.443. The Hall–Kier alpha value is -2.03. The van der Waals surface area contributed by atoms with Crippen LogP contribution in [0, 0.1) is 6.92 Å². The molecule has 1 fully saturated rings. The molecule has 0 amide bonds. The van der Waals surface area contributed by atoms with Crippen molar-refractivity contribution in [3.8, 4) is 0 Å². The first kappa shape index (κ1) is 12.7. The van der Waals surface area contributed by atoms with Crippen molar-refractivity contribution in [1.82, 2.24) is 9.97 Å². The van der Waals surface area contributed by atoms with E-state index in [1.165, 1.54) is 37.7 Å². The maximum absolute atomic E-state index is 12.4. The molecule has 21 heavy (non-hydrogen) atoms. The summed E-state index contributed by atoms with van der Waals surface area (Å²) >= 11 is 0. The second-order valence-electron chi connectivity index (χ2n) is 6.25. The van der Waals surface area contributed by atoms with Gasteiger partial charge in [-0.05, 0) is 37.3 Å². The number of benzene rings is 1. The third kappa shape index (κ3) is 1.91. The van der Waals surface area contributed by atoms with Gasteiger partial charge in [0.15, 0.2) is 0 Å². The molecule has 4 rings (SSSR count). The van der Waals surface area contributed by atoms with Gasteiger partial charge in [0.05, 0.1) is 11.0 Å². The van der Waals surface area contributed by atoms with Crippen LogP contribution in [0.4, 0.5) is 0 Å². The van der Waals surface area contributed by atoms with Crippen LogP contribution in [0.1, 0.15) is 49.1 Å². The predicted octanol–water partition coefficient (Wildman–Crippen LogP) is 4.37. The fourth-order valence-electron chi connectivity index (χ4n) is 3.89. The summed E-state index contributed by atoms with van der Waals surface area (Å²) in [6.07, 6.45) is 6.29. The Kier molecular flexibility index (Phi) is 2.88. The van der Waals surface area contributed by atoms with Crippen LogP contribution >= 0.6 is 0 Å². The third-order valence-corrected chi connectivity index (χ3v) is 4.97. The molecule has 3 nitrogen and oxygen atoms in total. The summed E-state index contributed by atoms with van der Waals surface area (Å²) in [5.74, 6) is 0.525. The van der Waals surface area contributed by atoms with Crippen LogP contribution in [0.3, 0.4) is 0 Å². The zero-order valence-electron chi connectivity index (χ0n) is 12.3. The van der Waals surface area contributed by atoms with Gasteiger partial charge >= 0.3 is 0 Å². The fourth-order valence-corrected chi connectivity index (χ4v) is 3.89. The molecule has 3 heteroatoms. The van der Waals surface area contributed by atoms with Crippen LogP contribution in [0.15, 0.2) is 29.1 Å². The van der Waals surface area contributed by atoms with Crippen molar-refractivity contribution in [3.05, 3.63) is 45.7 Å². The lowest BCUT2D eigenvalue weighted by atomic mass is 9.82. The molecule has 1 saturated carbocycles. The smallest absolute Gasteiger partial charge is 0.251 e. The zero-order chi connectivity index (χ0) is 14.4. The molecular formula is C18H20N2O. The van der Waals surface area contributed by atoms with Gasteiger partial charge in [-0.3, -0.25) is 4.79 Å². The van der Waals surface area contributed by atoms with Crippen LogP contribution < -0.4 is 5.56 Å². The van der Waals surface area contributed by atoms with Gasteiger partial charge in [0, 0.05) is 16.5 Å². The lowest BCUT2D eigenvalue weighted by Crippen LogP contribution is -2.16. The Labute approximate surface area is 123 Å². The second kappa shape index (κ2) is 4.76. The molecule has 2 heterocycles. The number of para-hydroxylation sites is 1. The van der Waals surface area contributed by atoms with Gasteiger partial charge in [-0.1, -0.05) is 37.5 Å². The molecule has 2 aromatic heterocycles. The Morgan fingerprint density at radius 2 is 1.76 bits per heavy atom. The summed E-state index contributed by atoms with van der Waals surface area (Å²) in [5, 5.41) is 1.11. The average molecular weight is 280 g/mol. The van der Waals surface area contributed by atoms with Gasteiger partial charge in [0.1, 0.15) is 0 Å². The number of aromatic amines is 2. The molecule has 3 aromatic rings. The van der Waals surface area contributed by atoms with Crippen molar-refractivity contribution in [2.75, 3.05) is 0 Å². The minimum Gasteiger partial charge on any atom is -0.353 e. The molecule has 2 N–H and O–H groups in total. The molecule has 1 aromatic carbocycles. The first-order chi connectivity index (χ1) is 10.3. The highest BCUT2D eigenvalue weighted by Crippen LogP contribution is 2.38. The van der Waals surface area contributed by atoms with E-state index in [-0.39, 0.29) is 5.56 Å². The van der Waals surface area contributed by atoms with Gasteiger partial charge in [-0.15, -0.1) is 0 Å². The van der Waals surface area contributed by atoms with E-state index in [9.17, 15) is 4.79 Å². The topological polar surface area (TPSA) is 48.6 Å². The van der Waals surface area contributed by atoms with E-state index < -0.39 is 0 Å². The molecule has 1 aliphatic carbocycles. The average Bonchev–Trinajstić information content (AvgIpc) is 2.87. The number of hydrogen-bond acceptors (Lipinski definition) is 1. The summed E-state index contributed by atoms with van der Waals surface area (Å²) in [6, 6.07) is 8.20. The van der Waals surface area contributed by atoms with Crippen LogP contribution in [0.5, 0.6) is 0 Å². The summed E-state index contributed by atoms with van der Waals surface area (Å²) in [4.78, 5) is 19.0. The fraction of sp³-hybridized carbons (Fsp3) is 0.389. The van der Waals surface area contributed by atoms with Crippen LogP contribution in [0.2, 0.25) is 0 Å².